The fourth-order valence-electron chi connectivity index (χ4n) is 2.10. The molecule has 0 radical (unpaired) electrons. The summed E-state index contributed by atoms with van der Waals surface area (Å²) in [6.45, 7) is 2.05. The minimum Gasteiger partial charge on any atom is -0.497 e. The highest BCUT2D eigenvalue weighted by atomic mass is 79.9. The molecule has 0 aliphatic rings. The van der Waals surface area contributed by atoms with Crippen molar-refractivity contribution in [2.24, 2.45) is 0 Å². The largest absolute Gasteiger partial charge is 0.497 e. The van der Waals surface area contributed by atoms with Crippen LogP contribution in [-0.4, -0.2) is 13.0 Å². The number of hydrogen-bond donors (Lipinski definition) is 1. The van der Waals surface area contributed by atoms with Crippen molar-refractivity contribution in [2.45, 2.75) is 19.4 Å². The van der Waals surface area contributed by atoms with Crippen LogP contribution in [0, 0.1) is 0 Å². The van der Waals surface area contributed by atoms with Gasteiger partial charge < -0.3 is 10.1 Å². The summed E-state index contributed by atoms with van der Waals surface area (Å²) >= 11 is 3.37. The lowest BCUT2D eigenvalue weighted by Gasteiger charge is -2.18. The molecule has 0 bridgehead atoms. The van der Waals surface area contributed by atoms with Crippen LogP contribution in [0.2, 0.25) is 0 Å². The van der Waals surface area contributed by atoms with Crippen molar-refractivity contribution in [2.75, 3.05) is 7.11 Å². The predicted octanol–water partition coefficient (Wildman–Crippen LogP) is 4.34. The van der Waals surface area contributed by atoms with Gasteiger partial charge in [-0.2, -0.15) is 0 Å². The second-order valence-corrected chi connectivity index (χ2v) is 5.63. The molecule has 3 nitrogen and oxygen atoms in total. The number of hydrogen-bond acceptors (Lipinski definition) is 2. The van der Waals surface area contributed by atoms with Crippen molar-refractivity contribution in [1.29, 1.82) is 0 Å². The summed E-state index contributed by atoms with van der Waals surface area (Å²) in [5.41, 5.74) is 1.73. The number of ether oxygens (including phenoxy) is 1. The summed E-state index contributed by atoms with van der Waals surface area (Å²) < 4.78 is 6.11. The molecule has 0 aliphatic carbocycles. The van der Waals surface area contributed by atoms with Crippen molar-refractivity contribution >= 4 is 21.8 Å². The molecular formula is C17H18BrNO2. The van der Waals surface area contributed by atoms with Crippen molar-refractivity contribution in [3.8, 4) is 5.75 Å². The molecule has 0 aromatic heterocycles. The Balaban J connectivity index is 2.10. The molecule has 110 valence electrons. The van der Waals surface area contributed by atoms with Crippen molar-refractivity contribution in [3.05, 3.63) is 64.1 Å². The summed E-state index contributed by atoms with van der Waals surface area (Å²) in [6.07, 6.45) is 0.828. The van der Waals surface area contributed by atoms with Gasteiger partial charge in [-0.25, -0.2) is 0 Å². The highest BCUT2D eigenvalue weighted by Crippen LogP contribution is 2.21. The van der Waals surface area contributed by atoms with E-state index in [9.17, 15) is 4.79 Å². The van der Waals surface area contributed by atoms with Gasteiger partial charge in [-0.3, -0.25) is 4.79 Å². The minimum atomic E-state index is -0.0647. The van der Waals surface area contributed by atoms with E-state index in [1.807, 2.05) is 36.4 Å². The van der Waals surface area contributed by atoms with Gasteiger partial charge in [0.1, 0.15) is 5.75 Å². The van der Waals surface area contributed by atoms with E-state index in [-0.39, 0.29) is 11.9 Å². The van der Waals surface area contributed by atoms with Crippen LogP contribution in [0.1, 0.15) is 35.3 Å². The zero-order valence-corrected chi connectivity index (χ0v) is 13.7. The van der Waals surface area contributed by atoms with Gasteiger partial charge in [0.05, 0.1) is 13.2 Å². The fraction of sp³-hybridized carbons (Fsp3) is 0.235. The predicted molar refractivity (Wildman–Crippen MR) is 87.6 cm³/mol. The monoisotopic (exact) mass is 347 g/mol. The van der Waals surface area contributed by atoms with E-state index in [1.165, 1.54) is 0 Å². The quantitative estimate of drug-likeness (QED) is 0.873. The maximum atomic E-state index is 12.3. The molecule has 0 aliphatic heterocycles. The molecule has 1 N–H and O–H groups in total. The lowest BCUT2D eigenvalue weighted by molar-refractivity contribution is 0.0935. The van der Waals surface area contributed by atoms with Crippen LogP contribution in [-0.2, 0) is 0 Å². The molecule has 2 rings (SSSR count). The van der Waals surface area contributed by atoms with Crippen molar-refractivity contribution < 1.29 is 9.53 Å². The van der Waals surface area contributed by atoms with Gasteiger partial charge in [-0.15, -0.1) is 0 Å². The zero-order valence-electron chi connectivity index (χ0n) is 12.1. The maximum Gasteiger partial charge on any atom is 0.251 e. The van der Waals surface area contributed by atoms with Crippen LogP contribution in [0.4, 0.5) is 0 Å². The maximum absolute atomic E-state index is 12.3. The van der Waals surface area contributed by atoms with Crippen LogP contribution in [0.15, 0.2) is 53.0 Å². The first kappa shape index (κ1) is 15.6. The molecule has 0 unspecified atom stereocenters. The lowest BCUT2D eigenvalue weighted by Crippen LogP contribution is -2.28. The van der Waals surface area contributed by atoms with Crippen LogP contribution < -0.4 is 10.1 Å². The van der Waals surface area contributed by atoms with E-state index >= 15 is 0 Å². The topological polar surface area (TPSA) is 38.3 Å². The molecule has 4 heteroatoms. The van der Waals surface area contributed by atoms with Gasteiger partial charge in [-0.05, 0) is 48.4 Å². The average Bonchev–Trinajstić information content (AvgIpc) is 2.53. The lowest BCUT2D eigenvalue weighted by atomic mass is 10.0. The first-order valence-electron chi connectivity index (χ1n) is 6.84. The van der Waals surface area contributed by atoms with Gasteiger partial charge in [-0.1, -0.05) is 35.0 Å². The summed E-state index contributed by atoms with van der Waals surface area (Å²) in [6, 6.07) is 15.1. The fourth-order valence-corrected chi connectivity index (χ4v) is 2.36. The Kier molecular flexibility index (Phi) is 5.39. The molecule has 1 amide bonds. The Morgan fingerprint density at radius 2 is 1.76 bits per heavy atom. The van der Waals surface area contributed by atoms with E-state index in [0.29, 0.717) is 5.56 Å². The standard InChI is InChI=1S/C17H18BrNO2/c1-3-16(12-6-10-15(21-2)11-7-12)19-17(20)13-4-8-14(18)9-5-13/h4-11,16H,3H2,1-2H3,(H,19,20)/t16-/m0/s1. The number of methoxy groups -OCH3 is 1. The van der Waals surface area contributed by atoms with Gasteiger partial charge in [0.2, 0.25) is 0 Å². The second kappa shape index (κ2) is 7.27. The number of carbonyl (C=O) groups excluding carboxylic acids is 1. The molecule has 1 atom stereocenters. The van der Waals surface area contributed by atoms with Gasteiger partial charge >= 0.3 is 0 Å². The molecular weight excluding hydrogens is 330 g/mol. The summed E-state index contributed by atoms with van der Waals surface area (Å²) in [4.78, 5) is 12.3. The average molecular weight is 348 g/mol. The third-order valence-electron chi connectivity index (χ3n) is 3.34. The molecule has 2 aromatic carbocycles. The zero-order chi connectivity index (χ0) is 15.2. The number of amides is 1. The third kappa shape index (κ3) is 4.08. The third-order valence-corrected chi connectivity index (χ3v) is 3.87. The SMILES string of the molecule is CC[C@H](NC(=O)c1ccc(Br)cc1)c1ccc(OC)cc1. The van der Waals surface area contributed by atoms with Gasteiger partial charge in [0, 0.05) is 10.0 Å². The number of carbonyl (C=O) groups is 1. The number of nitrogens with one attached hydrogen (secondary N) is 1. The van der Waals surface area contributed by atoms with Crippen molar-refractivity contribution in [1.82, 2.24) is 5.32 Å². The van der Waals surface area contributed by atoms with E-state index in [2.05, 4.69) is 28.2 Å². The number of rotatable bonds is 5. The van der Waals surface area contributed by atoms with E-state index in [1.54, 1.807) is 19.2 Å². The smallest absolute Gasteiger partial charge is 0.251 e. The molecule has 0 spiro atoms. The summed E-state index contributed by atoms with van der Waals surface area (Å²) in [5.74, 6) is 0.748. The van der Waals surface area contributed by atoms with Gasteiger partial charge in [0.15, 0.2) is 0 Å². The van der Waals surface area contributed by atoms with Gasteiger partial charge in [0.25, 0.3) is 5.91 Å². The Morgan fingerprint density at radius 1 is 1.14 bits per heavy atom. The second-order valence-electron chi connectivity index (χ2n) is 4.71. The Bertz CT molecular complexity index is 593. The van der Waals surface area contributed by atoms with E-state index in [4.69, 9.17) is 4.74 Å². The van der Waals surface area contributed by atoms with Crippen LogP contribution in [0.25, 0.3) is 0 Å². The molecule has 0 heterocycles. The molecule has 0 fully saturated rings. The highest BCUT2D eigenvalue weighted by Gasteiger charge is 2.14. The number of halogens is 1. The van der Waals surface area contributed by atoms with Crippen LogP contribution in [0.3, 0.4) is 0 Å². The van der Waals surface area contributed by atoms with Crippen molar-refractivity contribution in [3.63, 3.8) is 0 Å². The normalized spacial score (nSPS) is 11.8. The Hall–Kier alpha value is -1.81. The first-order valence-corrected chi connectivity index (χ1v) is 7.63. The first-order chi connectivity index (χ1) is 10.1. The Labute approximate surface area is 133 Å². The molecule has 0 saturated carbocycles. The summed E-state index contributed by atoms with van der Waals surface area (Å²) in [7, 11) is 1.64. The molecule has 0 saturated heterocycles. The summed E-state index contributed by atoms with van der Waals surface area (Å²) in [5, 5.41) is 3.06. The van der Waals surface area contributed by atoms with E-state index < -0.39 is 0 Å². The molecule has 2 aromatic rings. The molecule has 21 heavy (non-hydrogen) atoms. The number of benzene rings is 2. The highest BCUT2D eigenvalue weighted by molar-refractivity contribution is 9.10. The minimum absolute atomic E-state index is 0.00736. The van der Waals surface area contributed by atoms with Crippen LogP contribution in [0.5, 0.6) is 5.75 Å². The van der Waals surface area contributed by atoms with E-state index in [0.717, 1.165) is 22.2 Å². The van der Waals surface area contributed by atoms with Crippen LogP contribution >= 0.6 is 15.9 Å². The Morgan fingerprint density at radius 3 is 2.29 bits per heavy atom.